The summed E-state index contributed by atoms with van der Waals surface area (Å²) in [6.07, 6.45) is 1.02. The van der Waals surface area contributed by atoms with Gasteiger partial charge in [-0.25, -0.2) is 0 Å². The third-order valence-corrected chi connectivity index (χ3v) is 3.37. The maximum absolute atomic E-state index is 9.34. The fourth-order valence-electron chi connectivity index (χ4n) is 1.96. The predicted octanol–water partition coefficient (Wildman–Crippen LogP) is 0.599. The number of methoxy groups -OCH3 is 1. The van der Waals surface area contributed by atoms with Crippen LogP contribution in [0.15, 0.2) is 0 Å². The van der Waals surface area contributed by atoms with Crippen LogP contribution in [0.3, 0.4) is 0 Å². The second-order valence-electron chi connectivity index (χ2n) is 4.23. The van der Waals surface area contributed by atoms with E-state index in [0.29, 0.717) is 0 Å². The van der Waals surface area contributed by atoms with E-state index in [1.54, 1.807) is 7.11 Å². The largest absolute Gasteiger partial charge is 0.379 e. The zero-order chi connectivity index (χ0) is 11.3. The molecular formula is C11H21N3O. The lowest BCUT2D eigenvalue weighted by Gasteiger charge is -2.38. The van der Waals surface area contributed by atoms with Crippen molar-refractivity contribution in [3.63, 3.8) is 0 Å². The molecule has 0 amide bonds. The molecule has 1 aliphatic rings. The lowest BCUT2D eigenvalue weighted by atomic mass is 9.95. The van der Waals surface area contributed by atoms with Crippen molar-refractivity contribution in [3.8, 4) is 6.07 Å². The molecule has 0 aromatic carbocycles. The van der Waals surface area contributed by atoms with Gasteiger partial charge in [0.25, 0.3) is 0 Å². The molecule has 1 aliphatic heterocycles. The van der Waals surface area contributed by atoms with Gasteiger partial charge in [-0.05, 0) is 26.8 Å². The Morgan fingerprint density at radius 1 is 1.47 bits per heavy atom. The van der Waals surface area contributed by atoms with Gasteiger partial charge in [0.1, 0.15) is 5.54 Å². The Morgan fingerprint density at radius 3 is 2.80 bits per heavy atom. The number of ether oxygens (including phenoxy) is 1. The minimum Gasteiger partial charge on any atom is -0.379 e. The van der Waals surface area contributed by atoms with Crippen molar-refractivity contribution in [2.45, 2.75) is 31.9 Å². The molecule has 0 spiro atoms. The summed E-state index contributed by atoms with van der Waals surface area (Å²) in [7, 11) is 1.66. The average Bonchev–Trinajstić information content (AvgIpc) is 2.55. The number of nitrogens with zero attached hydrogens (tertiary/aromatic N) is 2. The lowest BCUT2D eigenvalue weighted by molar-refractivity contribution is -0.00178. The first-order chi connectivity index (χ1) is 7.15. The van der Waals surface area contributed by atoms with Crippen LogP contribution in [0.1, 0.15) is 20.3 Å². The highest BCUT2D eigenvalue weighted by Gasteiger charge is 2.37. The van der Waals surface area contributed by atoms with E-state index in [1.807, 2.05) is 13.8 Å². The second-order valence-corrected chi connectivity index (χ2v) is 4.23. The van der Waals surface area contributed by atoms with E-state index in [9.17, 15) is 5.26 Å². The van der Waals surface area contributed by atoms with E-state index in [4.69, 9.17) is 4.74 Å². The molecule has 2 unspecified atom stereocenters. The molecule has 4 nitrogen and oxygen atoms in total. The van der Waals surface area contributed by atoms with Crippen molar-refractivity contribution in [2.24, 2.45) is 0 Å². The van der Waals surface area contributed by atoms with Crippen LogP contribution in [-0.4, -0.2) is 49.8 Å². The third-order valence-electron chi connectivity index (χ3n) is 3.37. The number of hydrogen-bond donors (Lipinski definition) is 1. The van der Waals surface area contributed by atoms with Gasteiger partial charge in [-0.3, -0.25) is 4.90 Å². The Hall–Kier alpha value is -0.630. The lowest BCUT2D eigenvalue weighted by Crippen LogP contribution is -2.54. The van der Waals surface area contributed by atoms with Crippen molar-refractivity contribution >= 4 is 0 Å². The van der Waals surface area contributed by atoms with Gasteiger partial charge in [-0.1, -0.05) is 0 Å². The predicted molar refractivity (Wildman–Crippen MR) is 59.5 cm³/mol. The van der Waals surface area contributed by atoms with Crippen LogP contribution in [0.2, 0.25) is 0 Å². The molecule has 2 atom stereocenters. The molecule has 0 aromatic heterocycles. The number of nitriles is 1. The van der Waals surface area contributed by atoms with E-state index in [-0.39, 0.29) is 6.10 Å². The molecule has 1 fully saturated rings. The van der Waals surface area contributed by atoms with Crippen LogP contribution in [0, 0.1) is 11.3 Å². The van der Waals surface area contributed by atoms with Crippen molar-refractivity contribution in [3.05, 3.63) is 0 Å². The summed E-state index contributed by atoms with van der Waals surface area (Å²) in [5, 5.41) is 12.7. The summed E-state index contributed by atoms with van der Waals surface area (Å²) in [6.45, 7) is 7.80. The highest BCUT2D eigenvalue weighted by Crippen LogP contribution is 2.21. The standard InChI is InChI=1S/C11H21N3O/c1-10(15-3)11(2,9-12)14-7-4-5-13-6-8-14/h10,13H,4-8H2,1-3H3. The van der Waals surface area contributed by atoms with Gasteiger partial charge in [0.05, 0.1) is 12.2 Å². The van der Waals surface area contributed by atoms with Crippen LogP contribution in [0.4, 0.5) is 0 Å². The molecular weight excluding hydrogens is 190 g/mol. The van der Waals surface area contributed by atoms with Crippen LogP contribution in [0.5, 0.6) is 0 Å². The van der Waals surface area contributed by atoms with E-state index < -0.39 is 5.54 Å². The maximum atomic E-state index is 9.34. The normalized spacial score (nSPS) is 24.9. The fraction of sp³-hybridized carbons (Fsp3) is 0.909. The van der Waals surface area contributed by atoms with Gasteiger partial charge in [-0.15, -0.1) is 0 Å². The molecule has 4 heteroatoms. The van der Waals surface area contributed by atoms with Crippen molar-refractivity contribution in [1.82, 2.24) is 10.2 Å². The van der Waals surface area contributed by atoms with Crippen LogP contribution in [0.25, 0.3) is 0 Å². The molecule has 15 heavy (non-hydrogen) atoms. The zero-order valence-corrected chi connectivity index (χ0v) is 9.92. The van der Waals surface area contributed by atoms with E-state index in [1.165, 1.54) is 0 Å². The van der Waals surface area contributed by atoms with E-state index in [2.05, 4.69) is 16.3 Å². The molecule has 0 aromatic rings. The highest BCUT2D eigenvalue weighted by atomic mass is 16.5. The fourth-order valence-corrected chi connectivity index (χ4v) is 1.96. The van der Waals surface area contributed by atoms with Crippen molar-refractivity contribution in [2.75, 3.05) is 33.3 Å². The quantitative estimate of drug-likeness (QED) is 0.742. The molecule has 0 saturated carbocycles. The third kappa shape index (κ3) is 2.69. The second kappa shape index (κ2) is 5.45. The molecule has 1 rings (SSSR count). The Bertz CT molecular complexity index is 230. The van der Waals surface area contributed by atoms with E-state index in [0.717, 1.165) is 32.6 Å². The minimum atomic E-state index is -0.513. The first kappa shape index (κ1) is 12.4. The first-order valence-corrected chi connectivity index (χ1v) is 5.55. The average molecular weight is 211 g/mol. The minimum absolute atomic E-state index is 0.0689. The Labute approximate surface area is 92.2 Å². The summed E-state index contributed by atoms with van der Waals surface area (Å²) in [6, 6.07) is 2.40. The molecule has 0 radical (unpaired) electrons. The van der Waals surface area contributed by atoms with Crippen molar-refractivity contribution in [1.29, 1.82) is 5.26 Å². The van der Waals surface area contributed by atoms with Crippen LogP contribution >= 0.6 is 0 Å². The van der Waals surface area contributed by atoms with E-state index >= 15 is 0 Å². The molecule has 0 bridgehead atoms. The Balaban J connectivity index is 2.75. The monoisotopic (exact) mass is 211 g/mol. The number of nitrogens with one attached hydrogen (secondary N) is 1. The van der Waals surface area contributed by atoms with Crippen LogP contribution < -0.4 is 5.32 Å². The van der Waals surface area contributed by atoms with Crippen molar-refractivity contribution < 1.29 is 4.74 Å². The first-order valence-electron chi connectivity index (χ1n) is 5.55. The van der Waals surface area contributed by atoms with Gasteiger partial charge in [0, 0.05) is 26.7 Å². The summed E-state index contributed by atoms with van der Waals surface area (Å²) in [4.78, 5) is 2.22. The zero-order valence-electron chi connectivity index (χ0n) is 9.92. The van der Waals surface area contributed by atoms with Gasteiger partial charge < -0.3 is 10.1 Å². The topological polar surface area (TPSA) is 48.3 Å². The summed E-state index contributed by atoms with van der Waals surface area (Å²) < 4.78 is 5.32. The number of hydrogen-bond acceptors (Lipinski definition) is 4. The molecule has 1 saturated heterocycles. The molecule has 86 valence electrons. The van der Waals surface area contributed by atoms with Crippen LogP contribution in [-0.2, 0) is 4.74 Å². The maximum Gasteiger partial charge on any atom is 0.132 e. The summed E-state index contributed by atoms with van der Waals surface area (Å²) in [5.41, 5.74) is -0.513. The highest BCUT2D eigenvalue weighted by molar-refractivity contribution is 5.09. The molecule has 1 heterocycles. The number of rotatable bonds is 3. The van der Waals surface area contributed by atoms with Gasteiger partial charge in [0.2, 0.25) is 0 Å². The van der Waals surface area contributed by atoms with Gasteiger partial charge in [0.15, 0.2) is 0 Å². The SMILES string of the molecule is COC(C)C(C)(C#N)N1CCCNCC1. The van der Waals surface area contributed by atoms with Gasteiger partial charge in [-0.2, -0.15) is 5.26 Å². The smallest absolute Gasteiger partial charge is 0.132 e. The Kier molecular flexibility index (Phi) is 4.52. The molecule has 1 N–H and O–H groups in total. The van der Waals surface area contributed by atoms with Gasteiger partial charge >= 0.3 is 0 Å². The Morgan fingerprint density at radius 2 is 2.20 bits per heavy atom. The molecule has 0 aliphatic carbocycles. The summed E-state index contributed by atoms with van der Waals surface area (Å²) >= 11 is 0. The summed E-state index contributed by atoms with van der Waals surface area (Å²) in [5.74, 6) is 0.